The summed E-state index contributed by atoms with van der Waals surface area (Å²) >= 11 is 0. The summed E-state index contributed by atoms with van der Waals surface area (Å²) in [6.07, 6.45) is 2.35. The number of unbranched alkanes of at least 4 members (excludes halogenated alkanes) is 1. The van der Waals surface area contributed by atoms with Crippen molar-refractivity contribution in [2.24, 2.45) is 5.73 Å². The molecule has 3 nitrogen and oxygen atoms in total. The van der Waals surface area contributed by atoms with E-state index in [-0.39, 0.29) is 6.04 Å². The van der Waals surface area contributed by atoms with Crippen LogP contribution in [0.25, 0.3) is 11.0 Å². The predicted octanol–water partition coefficient (Wildman–Crippen LogP) is 2.86. The Bertz CT molecular complexity index is 471. The average molecular weight is 217 g/mol. The van der Waals surface area contributed by atoms with Crippen molar-refractivity contribution < 1.29 is 0 Å². The molecule has 16 heavy (non-hydrogen) atoms. The zero-order chi connectivity index (χ0) is 11.5. The van der Waals surface area contributed by atoms with Crippen molar-refractivity contribution in [1.82, 2.24) is 9.55 Å². The fourth-order valence-corrected chi connectivity index (χ4v) is 1.99. The summed E-state index contributed by atoms with van der Waals surface area (Å²) in [7, 11) is 0. The quantitative estimate of drug-likeness (QED) is 0.855. The van der Waals surface area contributed by atoms with Crippen molar-refractivity contribution in [3.63, 3.8) is 0 Å². The zero-order valence-corrected chi connectivity index (χ0v) is 9.98. The van der Waals surface area contributed by atoms with Crippen molar-refractivity contribution in [2.75, 3.05) is 0 Å². The largest absolute Gasteiger partial charge is 0.327 e. The van der Waals surface area contributed by atoms with Crippen LogP contribution in [0.3, 0.4) is 0 Å². The van der Waals surface area contributed by atoms with Crippen LogP contribution >= 0.6 is 0 Å². The third kappa shape index (κ3) is 1.95. The summed E-state index contributed by atoms with van der Waals surface area (Å²) in [5.41, 5.74) is 8.21. The van der Waals surface area contributed by atoms with E-state index in [1.165, 1.54) is 18.4 Å². The first-order chi connectivity index (χ1) is 7.74. The lowest BCUT2D eigenvalue weighted by Crippen LogP contribution is -2.13. The Morgan fingerprint density at radius 2 is 2.12 bits per heavy atom. The van der Waals surface area contributed by atoms with Crippen molar-refractivity contribution >= 4 is 11.0 Å². The number of nitrogens with zero attached hydrogens (tertiary/aromatic N) is 2. The Hall–Kier alpha value is -1.35. The molecule has 2 aromatic rings. The third-order valence-electron chi connectivity index (χ3n) is 2.83. The number of benzene rings is 1. The maximum atomic E-state index is 5.97. The molecule has 0 amide bonds. The molecule has 0 saturated carbocycles. The molecule has 1 aromatic heterocycles. The van der Waals surface area contributed by atoms with Crippen LogP contribution in [-0.4, -0.2) is 9.55 Å². The molecule has 0 saturated heterocycles. The molecule has 0 fully saturated rings. The van der Waals surface area contributed by atoms with Crippen LogP contribution in [0.5, 0.6) is 0 Å². The van der Waals surface area contributed by atoms with Crippen LogP contribution in [-0.2, 0) is 6.54 Å². The average Bonchev–Trinajstić information content (AvgIpc) is 2.65. The first-order valence-corrected chi connectivity index (χ1v) is 5.94. The summed E-state index contributed by atoms with van der Waals surface area (Å²) in [6, 6.07) is 8.22. The molecule has 0 bridgehead atoms. The molecule has 0 aliphatic heterocycles. The highest BCUT2D eigenvalue weighted by atomic mass is 15.1. The first-order valence-electron chi connectivity index (χ1n) is 5.94. The van der Waals surface area contributed by atoms with Gasteiger partial charge in [0.05, 0.1) is 17.1 Å². The second kappa shape index (κ2) is 4.66. The van der Waals surface area contributed by atoms with Gasteiger partial charge >= 0.3 is 0 Å². The van der Waals surface area contributed by atoms with Crippen LogP contribution < -0.4 is 5.73 Å². The molecule has 1 aromatic carbocycles. The number of aryl methyl sites for hydroxylation is 1. The van der Waals surface area contributed by atoms with Gasteiger partial charge in [-0.25, -0.2) is 4.98 Å². The monoisotopic (exact) mass is 217 g/mol. The minimum Gasteiger partial charge on any atom is -0.327 e. The number of fused-ring (bicyclic) bond motifs is 1. The topological polar surface area (TPSA) is 43.8 Å². The van der Waals surface area contributed by atoms with Crippen LogP contribution in [0.1, 0.15) is 38.6 Å². The van der Waals surface area contributed by atoms with Gasteiger partial charge in [-0.3, -0.25) is 0 Å². The second-order valence-electron chi connectivity index (χ2n) is 4.25. The van der Waals surface area contributed by atoms with E-state index in [4.69, 9.17) is 5.73 Å². The maximum absolute atomic E-state index is 5.97. The molecular formula is C13H19N3. The number of para-hydroxylation sites is 2. The van der Waals surface area contributed by atoms with Gasteiger partial charge in [0.2, 0.25) is 0 Å². The van der Waals surface area contributed by atoms with Crippen LogP contribution in [0.4, 0.5) is 0 Å². The van der Waals surface area contributed by atoms with Gasteiger partial charge in [0.15, 0.2) is 0 Å². The fourth-order valence-electron chi connectivity index (χ4n) is 1.99. The van der Waals surface area contributed by atoms with E-state index in [1.807, 2.05) is 19.1 Å². The van der Waals surface area contributed by atoms with Gasteiger partial charge < -0.3 is 10.3 Å². The van der Waals surface area contributed by atoms with Gasteiger partial charge in [-0.05, 0) is 25.5 Å². The van der Waals surface area contributed by atoms with Gasteiger partial charge in [-0.2, -0.15) is 0 Å². The van der Waals surface area contributed by atoms with Crippen LogP contribution in [0.2, 0.25) is 0 Å². The molecule has 1 unspecified atom stereocenters. The highest BCUT2D eigenvalue weighted by Gasteiger charge is 2.12. The second-order valence-corrected chi connectivity index (χ2v) is 4.25. The fraction of sp³-hybridized carbons (Fsp3) is 0.462. The van der Waals surface area contributed by atoms with E-state index < -0.39 is 0 Å². The summed E-state index contributed by atoms with van der Waals surface area (Å²) in [4.78, 5) is 4.60. The molecule has 2 rings (SSSR count). The minimum atomic E-state index is -0.00995. The Morgan fingerprint density at radius 3 is 2.81 bits per heavy atom. The summed E-state index contributed by atoms with van der Waals surface area (Å²) < 4.78 is 2.25. The molecular weight excluding hydrogens is 198 g/mol. The molecule has 0 aliphatic rings. The first kappa shape index (κ1) is 11.1. The number of nitrogens with two attached hydrogens (primary N) is 1. The van der Waals surface area contributed by atoms with Gasteiger partial charge in [-0.15, -0.1) is 0 Å². The maximum Gasteiger partial charge on any atom is 0.126 e. The van der Waals surface area contributed by atoms with E-state index >= 15 is 0 Å². The Labute approximate surface area is 96.3 Å². The molecule has 3 heteroatoms. The molecule has 2 N–H and O–H groups in total. The Kier molecular flexibility index (Phi) is 3.25. The highest BCUT2D eigenvalue weighted by molar-refractivity contribution is 5.76. The number of imidazole rings is 1. The lowest BCUT2D eigenvalue weighted by molar-refractivity contribution is 0.588. The van der Waals surface area contributed by atoms with E-state index in [0.29, 0.717) is 0 Å². The van der Waals surface area contributed by atoms with Crippen LogP contribution in [0, 0.1) is 0 Å². The SMILES string of the molecule is CCCCn1c(C(C)N)nc2ccccc21. The van der Waals surface area contributed by atoms with Gasteiger partial charge in [0, 0.05) is 6.54 Å². The summed E-state index contributed by atoms with van der Waals surface area (Å²) in [5.74, 6) is 0.995. The normalized spacial score (nSPS) is 13.2. The number of aromatic nitrogens is 2. The molecule has 1 atom stereocenters. The summed E-state index contributed by atoms with van der Waals surface area (Å²) in [6.45, 7) is 5.20. The number of rotatable bonds is 4. The number of hydrogen-bond acceptors (Lipinski definition) is 2. The zero-order valence-electron chi connectivity index (χ0n) is 9.98. The van der Waals surface area contributed by atoms with Crippen molar-refractivity contribution in [2.45, 2.75) is 39.3 Å². The van der Waals surface area contributed by atoms with E-state index in [0.717, 1.165) is 17.9 Å². The number of hydrogen-bond donors (Lipinski definition) is 1. The molecule has 0 aliphatic carbocycles. The van der Waals surface area contributed by atoms with Crippen molar-refractivity contribution in [3.8, 4) is 0 Å². The van der Waals surface area contributed by atoms with E-state index in [9.17, 15) is 0 Å². The highest BCUT2D eigenvalue weighted by Crippen LogP contribution is 2.20. The smallest absolute Gasteiger partial charge is 0.126 e. The van der Waals surface area contributed by atoms with Crippen molar-refractivity contribution in [3.05, 3.63) is 30.1 Å². The van der Waals surface area contributed by atoms with E-state index in [1.54, 1.807) is 0 Å². The van der Waals surface area contributed by atoms with Gasteiger partial charge in [-0.1, -0.05) is 25.5 Å². The predicted molar refractivity (Wildman–Crippen MR) is 67.2 cm³/mol. The standard InChI is InChI=1S/C13H19N3/c1-3-4-9-16-12-8-6-5-7-11(12)15-13(16)10(2)14/h5-8,10H,3-4,9,14H2,1-2H3. The molecule has 86 valence electrons. The molecule has 1 heterocycles. The lowest BCUT2D eigenvalue weighted by Gasteiger charge is -2.10. The minimum absolute atomic E-state index is 0.00995. The van der Waals surface area contributed by atoms with Gasteiger partial charge in [0.25, 0.3) is 0 Å². The van der Waals surface area contributed by atoms with E-state index in [2.05, 4.69) is 28.6 Å². The lowest BCUT2D eigenvalue weighted by atomic mass is 10.3. The Morgan fingerprint density at radius 1 is 1.38 bits per heavy atom. The van der Waals surface area contributed by atoms with Gasteiger partial charge in [0.1, 0.15) is 5.82 Å². The molecule has 0 spiro atoms. The summed E-state index contributed by atoms with van der Waals surface area (Å²) in [5, 5.41) is 0. The van der Waals surface area contributed by atoms with Crippen molar-refractivity contribution in [1.29, 1.82) is 0 Å². The Balaban J connectivity index is 2.51. The molecule has 0 radical (unpaired) electrons. The van der Waals surface area contributed by atoms with Crippen LogP contribution in [0.15, 0.2) is 24.3 Å². The third-order valence-corrected chi connectivity index (χ3v) is 2.83.